The van der Waals surface area contributed by atoms with Gasteiger partial charge in [-0.1, -0.05) is 173 Å². The number of unbranched alkanes of at least 4 members (excludes halogenated alkanes) is 24. The number of allylic oxidation sites excluding steroid dienone is 4. The van der Waals surface area contributed by atoms with Crippen molar-refractivity contribution in [2.24, 2.45) is 0 Å². The molecule has 0 saturated carbocycles. The first kappa shape index (κ1) is 55.6. The van der Waals surface area contributed by atoms with E-state index < -0.39 is 74.2 Å². The highest BCUT2D eigenvalue weighted by molar-refractivity contribution is 5.80. The van der Waals surface area contributed by atoms with Crippen LogP contribution >= 0.6 is 0 Å². The summed E-state index contributed by atoms with van der Waals surface area (Å²) in [6.07, 6.45) is 31.6. The minimum Gasteiger partial charge on any atom is -0.394 e. The smallest absolute Gasteiger partial charge is 0.249 e. The van der Waals surface area contributed by atoms with Crippen molar-refractivity contribution in [1.82, 2.24) is 5.32 Å². The molecule has 9 atom stereocenters. The Balaban J connectivity index is 2.23. The molecule has 1 rings (SSSR count). The molecule has 1 amide bonds. The molecule has 59 heavy (non-hydrogen) atoms. The summed E-state index contributed by atoms with van der Waals surface area (Å²) in [7, 11) is 0. The second-order valence-corrected chi connectivity index (χ2v) is 17.2. The zero-order valence-corrected chi connectivity index (χ0v) is 37.5. The molecule has 8 N–H and O–H groups in total. The third-order valence-electron chi connectivity index (χ3n) is 11.7. The van der Waals surface area contributed by atoms with Crippen molar-refractivity contribution in [2.75, 3.05) is 13.2 Å². The summed E-state index contributed by atoms with van der Waals surface area (Å²) in [4.78, 5) is 13.0. The van der Waals surface area contributed by atoms with Gasteiger partial charge >= 0.3 is 0 Å². The molecule has 11 nitrogen and oxygen atoms in total. The van der Waals surface area contributed by atoms with Crippen LogP contribution in [0.1, 0.15) is 206 Å². The quantitative estimate of drug-likeness (QED) is 0.0221. The molecule has 0 radical (unpaired) electrons. The molecule has 0 aromatic heterocycles. The first-order chi connectivity index (χ1) is 28.7. The van der Waals surface area contributed by atoms with Gasteiger partial charge in [0.25, 0.3) is 0 Å². The number of nitrogens with one attached hydrogen (secondary N) is 1. The average Bonchev–Trinajstić information content (AvgIpc) is 3.23. The molecule has 9 unspecified atom stereocenters. The molecule has 1 heterocycles. The van der Waals surface area contributed by atoms with Gasteiger partial charge in [-0.3, -0.25) is 4.79 Å². The van der Waals surface area contributed by atoms with E-state index in [1.54, 1.807) is 0 Å². The van der Waals surface area contributed by atoms with Gasteiger partial charge in [0, 0.05) is 0 Å². The van der Waals surface area contributed by atoms with Gasteiger partial charge in [0.1, 0.15) is 36.6 Å². The van der Waals surface area contributed by atoms with Crippen LogP contribution in [0.2, 0.25) is 0 Å². The number of hydrogen-bond donors (Lipinski definition) is 8. The summed E-state index contributed by atoms with van der Waals surface area (Å²) in [5.74, 6) is -0.712. The number of ether oxygens (including phenoxy) is 2. The van der Waals surface area contributed by atoms with Crippen molar-refractivity contribution in [3.63, 3.8) is 0 Å². The van der Waals surface area contributed by atoms with Crippen LogP contribution in [0.5, 0.6) is 0 Å². The number of carbonyl (C=O) groups is 1. The van der Waals surface area contributed by atoms with Gasteiger partial charge in [-0.2, -0.15) is 0 Å². The van der Waals surface area contributed by atoms with Crippen LogP contribution in [0.4, 0.5) is 0 Å². The van der Waals surface area contributed by atoms with E-state index in [1.807, 2.05) is 6.08 Å². The number of rotatable bonds is 40. The lowest BCUT2D eigenvalue weighted by atomic mass is 9.98. The first-order valence-electron chi connectivity index (χ1n) is 24.2. The normalized spacial score (nSPS) is 21.9. The van der Waals surface area contributed by atoms with E-state index in [9.17, 15) is 40.5 Å². The minimum absolute atomic E-state index is 0.253. The molecular weight excluding hydrogens is 751 g/mol. The molecule has 0 aromatic rings. The van der Waals surface area contributed by atoms with Gasteiger partial charge in [0.2, 0.25) is 5.91 Å². The topological polar surface area (TPSA) is 189 Å². The second kappa shape index (κ2) is 38.3. The Kier molecular flexibility index (Phi) is 36.1. The zero-order chi connectivity index (χ0) is 43.4. The maximum Gasteiger partial charge on any atom is 0.249 e. The van der Waals surface area contributed by atoms with Crippen LogP contribution in [0.3, 0.4) is 0 Å². The van der Waals surface area contributed by atoms with E-state index >= 15 is 0 Å². The minimum atomic E-state index is -1.66. The van der Waals surface area contributed by atoms with Crippen molar-refractivity contribution in [3.05, 3.63) is 24.3 Å². The maximum atomic E-state index is 13.0. The van der Waals surface area contributed by atoms with Crippen LogP contribution in [-0.2, 0) is 14.3 Å². The van der Waals surface area contributed by atoms with Gasteiger partial charge in [0.15, 0.2) is 6.29 Å². The summed E-state index contributed by atoms with van der Waals surface area (Å²) < 4.78 is 11.0. The van der Waals surface area contributed by atoms with Crippen LogP contribution < -0.4 is 5.32 Å². The largest absolute Gasteiger partial charge is 0.394 e. The van der Waals surface area contributed by atoms with Gasteiger partial charge in [0.05, 0.1) is 25.4 Å². The summed E-state index contributed by atoms with van der Waals surface area (Å²) in [6.45, 7) is 3.29. The predicted octanol–water partition coefficient (Wildman–Crippen LogP) is 8.23. The van der Waals surface area contributed by atoms with Crippen LogP contribution in [0.15, 0.2) is 24.3 Å². The second-order valence-electron chi connectivity index (χ2n) is 17.2. The molecule has 1 fully saturated rings. The lowest BCUT2D eigenvalue weighted by molar-refractivity contribution is -0.303. The third-order valence-corrected chi connectivity index (χ3v) is 11.7. The van der Waals surface area contributed by atoms with Gasteiger partial charge in [-0.05, 0) is 57.8 Å². The van der Waals surface area contributed by atoms with E-state index in [-0.39, 0.29) is 12.8 Å². The first-order valence-corrected chi connectivity index (χ1v) is 24.2. The SMILES string of the molecule is CCC/C=C/CCCC(O)C(O)C(COC1OC(CO)C(O)C(O)C1O)NC(=O)C(O)CCCCCCCCCCCC/C=C\CCCCCCCCCCCCCC. The molecule has 11 heteroatoms. The van der Waals surface area contributed by atoms with Crippen LogP contribution in [0, 0.1) is 0 Å². The van der Waals surface area contributed by atoms with Crippen molar-refractivity contribution in [2.45, 2.75) is 262 Å². The average molecular weight is 842 g/mol. The fourth-order valence-electron chi connectivity index (χ4n) is 7.68. The fourth-order valence-corrected chi connectivity index (χ4v) is 7.68. The lowest BCUT2D eigenvalue weighted by Crippen LogP contribution is -2.60. The van der Waals surface area contributed by atoms with Crippen molar-refractivity contribution < 1.29 is 50.0 Å². The van der Waals surface area contributed by atoms with Gasteiger partial charge in [-0.15, -0.1) is 0 Å². The summed E-state index contributed by atoms with van der Waals surface area (Å²) in [5.41, 5.74) is 0. The molecule has 1 saturated heterocycles. The molecule has 0 spiro atoms. The summed E-state index contributed by atoms with van der Waals surface area (Å²) in [5, 5.41) is 75.1. The highest BCUT2D eigenvalue weighted by atomic mass is 16.7. The molecule has 0 aromatic carbocycles. The Morgan fingerprint density at radius 1 is 0.576 bits per heavy atom. The molecule has 0 bridgehead atoms. The standard InChI is InChI=1S/C48H91NO10/c1-3-5-7-9-11-12-13-14-15-16-17-18-19-20-21-22-23-24-25-26-27-28-29-30-32-34-36-41(52)47(57)49-39(43(53)40(51)35-33-31-10-8-6-4-2)38-58-48-46(56)45(55)44(54)42(37-50)59-48/h8,10,20-21,39-46,48,50-56H,3-7,9,11-19,22-38H2,1-2H3,(H,49,57)/b10-8+,21-20-. The number of carbonyl (C=O) groups excluding carboxylic acids is 1. The molecule has 0 aliphatic carbocycles. The van der Waals surface area contributed by atoms with E-state index in [0.717, 1.165) is 38.5 Å². The number of aliphatic hydroxyl groups is 7. The number of aliphatic hydroxyl groups excluding tert-OH is 7. The van der Waals surface area contributed by atoms with E-state index in [1.165, 1.54) is 128 Å². The Morgan fingerprint density at radius 2 is 1.03 bits per heavy atom. The van der Waals surface area contributed by atoms with E-state index in [4.69, 9.17) is 9.47 Å². The Bertz CT molecular complexity index is 1010. The number of amides is 1. The lowest BCUT2D eigenvalue weighted by Gasteiger charge is -2.40. The Labute approximate surface area is 359 Å². The monoisotopic (exact) mass is 842 g/mol. The summed E-state index contributed by atoms with van der Waals surface area (Å²) in [6, 6.07) is -1.18. The maximum absolute atomic E-state index is 13.0. The zero-order valence-electron chi connectivity index (χ0n) is 37.5. The molecule has 1 aliphatic heterocycles. The highest BCUT2D eigenvalue weighted by Gasteiger charge is 2.44. The Morgan fingerprint density at radius 3 is 1.53 bits per heavy atom. The molecular formula is C48H91NO10. The summed E-state index contributed by atoms with van der Waals surface area (Å²) >= 11 is 0. The molecule has 1 aliphatic rings. The third kappa shape index (κ3) is 28.0. The van der Waals surface area contributed by atoms with Crippen molar-refractivity contribution in [3.8, 4) is 0 Å². The van der Waals surface area contributed by atoms with Gasteiger partial charge in [-0.25, -0.2) is 0 Å². The Hall–Kier alpha value is -1.41. The highest BCUT2D eigenvalue weighted by Crippen LogP contribution is 2.23. The number of hydrogen-bond acceptors (Lipinski definition) is 10. The van der Waals surface area contributed by atoms with Crippen molar-refractivity contribution in [1.29, 1.82) is 0 Å². The van der Waals surface area contributed by atoms with E-state index in [2.05, 4.69) is 37.4 Å². The molecule has 348 valence electrons. The van der Waals surface area contributed by atoms with Crippen LogP contribution in [0.25, 0.3) is 0 Å². The van der Waals surface area contributed by atoms with E-state index in [0.29, 0.717) is 12.8 Å². The predicted molar refractivity (Wildman–Crippen MR) is 238 cm³/mol. The van der Waals surface area contributed by atoms with Crippen LogP contribution in [-0.4, -0.2) is 110 Å². The van der Waals surface area contributed by atoms with Gasteiger partial charge < -0.3 is 50.5 Å². The van der Waals surface area contributed by atoms with Crippen molar-refractivity contribution >= 4 is 5.91 Å². The fraction of sp³-hybridized carbons (Fsp3) is 0.896.